The largest absolute Gasteiger partial charge is 0.508 e. The molecule has 0 aliphatic heterocycles. The maximum absolute atomic E-state index is 12.0. The Morgan fingerprint density at radius 2 is 1.54 bits per heavy atom. The third kappa shape index (κ3) is 8.92. The standard InChI is InChI=1S/C20H32O4/c1-3-5-6-7-8-9-10-11-16-23-19(4-2)24-20(22)17-12-14-18(21)15-13-17/h12-15,19,21H,3-11,16H2,1-2H3. The molecule has 1 aromatic rings. The fourth-order valence-electron chi connectivity index (χ4n) is 2.47. The summed E-state index contributed by atoms with van der Waals surface area (Å²) in [6.45, 7) is 4.79. The molecule has 1 rings (SSSR count). The van der Waals surface area contributed by atoms with E-state index < -0.39 is 12.3 Å². The molecule has 0 radical (unpaired) electrons. The quantitative estimate of drug-likeness (QED) is 0.296. The monoisotopic (exact) mass is 336 g/mol. The van der Waals surface area contributed by atoms with Crippen LogP contribution < -0.4 is 0 Å². The van der Waals surface area contributed by atoms with Crippen LogP contribution in [0.3, 0.4) is 0 Å². The zero-order valence-corrected chi connectivity index (χ0v) is 15.1. The van der Waals surface area contributed by atoms with Crippen LogP contribution >= 0.6 is 0 Å². The maximum Gasteiger partial charge on any atom is 0.340 e. The van der Waals surface area contributed by atoms with Crippen molar-refractivity contribution in [2.24, 2.45) is 0 Å². The van der Waals surface area contributed by atoms with Gasteiger partial charge in [-0.05, 0) is 30.7 Å². The third-order valence-corrected chi connectivity index (χ3v) is 3.98. The van der Waals surface area contributed by atoms with Crippen molar-refractivity contribution in [1.82, 2.24) is 0 Å². The molecule has 0 aliphatic rings. The van der Waals surface area contributed by atoms with Gasteiger partial charge in [-0.3, -0.25) is 0 Å². The minimum Gasteiger partial charge on any atom is -0.508 e. The van der Waals surface area contributed by atoms with Crippen molar-refractivity contribution in [3.63, 3.8) is 0 Å². The predicted octanol–water partition coefficient (Wildman–Crippen LogP) is 5.44. The number of carbonyl (C=O) groups is 1. The lowest BCUT2D eigenvalue weighted by Crippen LogP contribution is -2.21. The number of unbranched alkanes of at least 4 members (excludes halogenated alkanes) is 7. The molecule has 0 spiro atoms. The summed E-state index contributed by atoms with van der Waals surface area (Å²) in [5.74, 6) is -0.290. The first-order valence-corrected chi connectivity index (χ1v) is 9.29. The van der Waals surface area contributed by atoms with E-state index in [-0.39, 0.29) is 5.75 Å². The summed E-state index contributed by atoms with van der Waals surface area (Å²) in [6.07, 6.45) is 10.1. The van der Waals surface area contributed by atoms with Crippen LogP contribution in [0.4, 0.5) is 0 Å². The highest BCUT2D eigenvalue weighted by atomic mass is 16.7. The van der Waals surface area contributed by atoms with E-state index in [0.29, 0.717) is 18.6 Å². The molecule has 0 heterocycles. The first-order chi connectivity index (χ1) is 11.7. The fraction of sp³-hybridized carbons (Fsp3) is 0.650. The van der Waals surface area contributed by atoms with Crippen LogP contribution in [0, 0.1) is 0 Å². The van der Waals surface area contributed by atoms with Gasteiger partial charge in [0.2, 0.25) is 6.29 Å². The molecule has 24 heavy (non-hydrogen) atoms. The molecule has 0 fully saturated rings. The highest BCUT2D eigenvalue weighted by Gasteiger charge is 2.14. The van der Waals surface area contributed by atoms with Crippen molar-refractivity contribution < 1.29 is 19.4 Å². The topological polar surface area (TPSA) is 55.8 Å². The molecule has 0 saturated heterocycles. The number of hydrogen-bond acceptors (Lipinski definition) is 4. The van der Waals surface area contributed by atoms with E-state index in [1.54, 1.807) is 12.1 Å². The molecule has 1 N–H and O–H groups in total. The number of phenols is 1. The van der Waals surface area contributed by atoms with Crippen LogP contribution in [0.1, 0.15) is 82.0 Å². The van der Waals surface area contributed by atoms with Crippen LogP contribution in [0.15, 0.2) is 24.3 Å². The first kappa shape index (κ1) is 20.5. The van der Waals surface area contributed by atoms with Gasteiger partial charge in [-0.2, -0.15) is 0 Å². The Morgan fingerprint density at radius 3 is 2.12 bits per heavy atom. The van der Waals surface area contributed by atoms with Crippen molar-refractivity contribution in [3.05, 3.63) is 29.8 Å². The molecule has 4 heteroatoms. The Hall–Kier alpha value is -1.55. The molecule has 0 aliphatic carbocycles. The van der Waals surface area contributed by atoms with Crippen LogP contribution in [0.5, 0.6) is 5.75 Å². The van der Waals surface area contributed by atoms with E-state index >= 15 is 0 Å². The van der Waals surface area contributed by atoms with E-state index in [1.165, 1.54) is 50.7 Å². The van der Waals surface area contributed by atoms with Gasteiger partial charge in [-0.1, -0.05) is 58.8 Å². The predicted molar refractivity (Wildman–Crippen MR) is 96.2 cm³/mol. The zero-order chi connectivity index (χ0) is 17.6. The smallest absolute Gasteiger partial charge is 0.340 e. The second kappa shape index (κ2) is 12.8. The molecule has 1 atom stereocenters. The highest BCUT2D eigenvalue weighted by molar-refractivity contribution is 5.89. The van der Waals surface area contributed by atoms with Gasteiger partial charge in [0.25, 0.3) is 0 Å². The highest BCUT2D eigenvalue weighted by Crippen LogP contribution is 2.13. The van der Waals surface area contributed by atoms with Gasteiger partial charge in [0.05, 0.1) is 12.2 Å². The Bertz CT molecular complexity index is 441. The summed E-state index contributed by atoms with van der Waals surface area (Å²) in [7, 11) is 0. The van der Waals surface area contributed by atoms with Crippen molar-refractivity contribution in [3.8, 4) is 5.75 Å². The molecule has 0 amide bonds. The van der Waals surface area contributed by atoms with Crippen molar-refractivity contribution >= 4 is 5.97 Å². The fourth-order valence-corrected chi connectivity index (χ4v) is 2.47. The summed E-state index contributed by atoms with van der Waals surface area (Å²) in [5, 5.41) is 9.24. The summed E-state index contributed by atoms with van der Waals surface area (Å²) in [5.41, 5.74) is 0.418. The van der Waals surface area contributed by atoms with Gasteiger partial charge in [0.1, 0.15) is 5.75 Å². The van der Waals surface area contributed by atoms with Gasteiger partial charge in [-0.25, -0.2) is 4.79 Å². The van der Waals surface area contributed by atoms with Crippen LogP contribution in [-0.2, 0) is 9.47 Å². The number of ether oxygens (including phenoxy) is 2. The molecule has 0 saturated carbocycles. The van der Waals surface area contributed by atoms with Crippen molar-refractivity contribution in [2.75, 3.05) is 6.61 Å². The van der Waals surface area contributed by atoms with E-state index in [1.807, 2.05) is 6.92 Å². The first-order valence-electron chi connectivity index (χ1n) is 9.29. The van der Waals surface area contributed by atoms with Crippen LogP contribution in [-0.4, -0.2) is 24.0 Å². The number of aromatic hydroxyl groups is 1. The maximum atomic E-state index is 12.0. The van der Waals surface area contributed by atoms with E-state index in [2.05, 4.69) is 6.92 Å². The van der Waals surface area contributed by atoms with E-state index in [9.17, 15) is 9.90 Å². The second-order valence-corrected chi connectivity index (χ2v) is 6.14. The van der Waals surface area contributed by atoms with Crippen molar-refractivity contribution in [2.45, 2.75) is 77.9 Å². The lowest BCUT2D eigenvalue weighted by atomic mass is 10.1. The van der Waals surface area contributed by atoms with Gasteiger partial charge in [0, 0.05) is 6.42 Å². The third-order valence-electron chi connectivity index (χ3n) is 3.98. The lowest BCUT2D eigenvalue weighted by molar-refractivity contribution is -0.111. The Morgan fingerprint density at radius 1 is 0.958 bits per heavy atom. The molecule has 1 unspecified atom stereocenters. The van der Waals surface area contributed by atoms with Gasteiger partial charge in [-0.15, -0.1) is 0 Å². The Labute approximate surface area is 146 Å². The molecular formula is C20H32O4. The minimum absolute atomic E-state index is 0.129. The Kier molecular flexibility index (Phi) is 10.9. The Balaban J connectivity index is 2.14. The lowest BCUT2D eigenvalue weighted by Gasteiger charge is -2.17. The number of carbonyl (C=O) groups excluding carboxylic acids is 1. The van der Waals surface area contributed by atoms with Gasteiger partial charge in [0.15, 0.2) is 0 Å². The second-order valence-electron chi connectivity index (χ2n) is 6.14. The summed E-state index contributed by atoms with van der Waals surface area (Å²) >= 11 is 0. The van der Waals surface area contributed by atoms with Gasteiger partial charge < -0.3 is 14.6 Å². The molecule has 136 valence electrons. The normalized spacial score (nSPS) is 12.1. The van der Waals surface area contributed by atoms with E-state index in [0.717, 1.165) is 12.8 Å². The molecular weight excluding hydrogens is 304 g/mol. The van der Waals surface area contributed by atoms with Crippen LogP contribution in [0.25, 0.3) is 0 Å². The van der Waals surface area contributed by atoms with Crippen molar-refractivity contribution in [1.29, 1.82) is 0 Å². The molecule has 0 bridgehead atoms. The molecule has 0 aromatic heterocycles. The summed E-state index contributed by atoms with van der Waals surface area (Å²) in [4.78, 5) is 12.0. The van der Waals surface area contributed by atoms with Crippen LogP contribution in [0.2, 0.25) is 0 Å². The van der Waals surface area contributed by atoms with Gasteiger partial charge >= 0.3 is 5.97 Å². The molecule has 4 nitrogen and oxygen atoms in total. The number of esters is 1. The number of benzene rings is 1. The molecule has 1 aromatic carbocycles. The average Bonchev–Trinajstić information content (AvgIpc) is 2.59. The number of hydrogen-bond donors (Lipinski definition) is 1. The average molecular weight is 336 g/mol. The number of rotatable bonds is 13. The zero-order valence-electron chi connectivity index (χ0n) is 15.1. The number of phenolic OH excluding ortho intramolecular Hbond substituents is 1. The van der Waals surface area contributed by atoms with E-state index in [4.69, 9.17) is 9.47 Å². The minimum atomic E-state index is -0.504. The SMILES string of the molecule is CCCCCCCCCCOC(CC)OC(=O)c1ccc(O)cc1. The summed E-state index contributed by atoms with van der Waals surface area (Å²) < 4.78 is 11.0. The summed E-state index contributed by atoms with van der Waals surface area (Å²) in [6, 6.07) is 6.03.